The van der Waals surface area contributed by atoms with Crippen molar-refractivity contribution < 1.29 is 13.9 Å². The molecule has 0 atom stereocenters. The zero-order valence-electron chi connectivity index (χ0n) is 17.0. The smallest absolute Gasteiger partial charge is 0.337 e. The molecule has 8 heteroatoms. The van der Waals surface area contributed by atoms with Gasteiger partial charge in [-0.05, 0) is 56.3 Å². The van der Waals surface area contributed by atoms with E-state index in [4.69, 9.17) is 14.1 Å². The van der Waals surface area contributed by atoms with Crippen LogP contribution in [-0.2, 0) is 11.3 Å². The molecule has 30 heavy (non-hydrogen) atoms. The van der Waals surface area contributed by atoms with Crippen LogP contribution in [0.2, 0.25) is 0 Å². The number of hydrogen-bond donors (Lipinski definition) is 0. The molecular weight excluding hydrogens is 402 g/mol. The van der Waals surface area contributed by atoms with E-state index in [1.165, 1.54) is 26.4 Å². The van der Waals surface area contributed by atoms with E-state index in [9.17, 15) is 9.59 Å². The standard InChI is InChI=1S/C22H25N3O4S/c1-28-21(27)16-7-8-18-19(14-16)23-22(30-13-11-24-9-3-2-4-10-24)25(20(18)26)15-17-6-5-12-29-17/h5-8,12,14H,2-4,9-11,13,15H2,1H3. The number of fused-ring (bicyclic) bond motifs is 1. The SMILES string of the molecule is COC(=O)c1ccc2c(=O)n(Cc3ccco3)c(SCCN3CCCCC3)nc2c1. The number of piperidine rings is 1. The van der Waals surface area contributed by atoms with Crippen molar-refractivity contribution in [2.24, 2.45) is 0 Å². The summed E-state index contributed by atoms with van der Waals surface area (Å²) < 4.78 is 11.9. The molecule has 0 radical (unpaired) electrons. The predicted octanol–water partition coefficient (Wildman–Crippen LogP) is 3.40. The number of esters is 1. The molecule has 158 valence electrons. The number of rotatable bonds is 7. The highest BCUT2D eigenvalue weighted by Crippen LogP contribution is 2.21. The first-order valence-electron chi connectivity index (χ1n) is 10.2. The quantitative estimate of drug-likeness (QED) is 0.325. The fraction of sp³-hybridized carbons (Fsp3) is 0.409. The lowest BCUT2D eigenvalue weighted by molar-refractivity contribution is 0.0601. The zero-order valence-corrected chi connectivity index (χ0v) is 17.8. The predicted molar refractivity (Wildman–Crippen MR) is 116 cm³/mol. The summed E-state index contributed by atoms with van der Waals surface area (Å²) >= 11 is 1.56. The molecule has 0 aliphatic carbocycles. The van der Waals surface area contributed by atoms with Crippen molar-refractivity contribution in [3.63, 3.8) is 0 Å². The normalized spacial score (nSPS) is 14.8. The highest BCUT2D eigenvalue weighted by molar-refractivity contribution is 7.99. The maximum atomic E-state index is 13.2. The maximum absolute atomic E-state index is 13.2. The fourth-order valence-electron chi connectivity index (χ4n) is 3.70. The van der Waals surface area contributed by atoms with Crippen molar-refractivity contribution in [3.8, 4) is 0 Å². The maximum Gasteiger partial charge on any atom is 0.337 e. The minimum absolute atomic E-state index is 0.145. The Morgan fingerprint density at radius 2 is 2.07 bits per heavy atom. The first-order valence-corrected chi connectivity index (χ1v) is 11.1. The van der Waals surface area contributed by atoms with Crippen LogP contribution in [-0.4, -0.2) is 52.9 Å². The highest BCUT2D eigenvalue weighted by atomic mass is 32.2. The summed E-state index contributed by atoms with van der Waals surface area (Å²) in [4.78, 5) is 32.3. The molecule has 0 bridgehead atoms. The van der Waals surface area contributed by atoms with Crippen LogP contribution in [0.5, 0.6) is 0 Å². The lowest BCUT2D eigenvalue weighted by Crippen LogP contribution is -2.32. The van der Waals surface area contributed by atoms with E-state index in [2.05, 4.69) is 4.90 Å². The van der Waals surface area contributed by atoms with Gasteiger partial charge < -0.3 is 14.1 Å². The summed E-state index contributed by atoms with van der Waals surface area (Å²) in [5.41, 5.74) is 0.734. The fourth-order valence-corrected chi connectivity index (χ4v) is 4.70. The molecule has 1 fully saturated rings. The Balaban J connectivity index is 1.66. The lowest BCUT2D eigenvalue weighted by atomic mass is 10.1. The van der Waals surface area contributed by atoms with Crippen LogP contribution in [0, 0.1) is 0 Å². The van der Waals surface area contributed by atoms with E-state index in [0.29, 0.717) is 33.9 Å². The first kappa shape index (κ1) is 20.7. The number of carbonyl (C=O) groups excluding carboxylic acids is 1. The molecule has 7 nitrogen and oxygen atoms in total. The second-order valence-electron chi connectivity index (χ2n) is 7.34. The van der Waals surface area contributed by atoms with Gasteiger partial charge in [0.25, 0.3) is 5.56 Å². The van der Waals surface area contributed by atoms with Crippen molar-refractivity contribution >= 4 is 28.6 Å². The molecule has 1 saturated heterocycles. The summed E-state index contributed by atoms with van der Waals surface area (Å²) in [7, 11) is 1.34. The van der Waals surface area contributed by atoms with Gasteiger partial charge in [0, 0.05) is 12.3 Å². The van der Waals surface area contributed by atoms with Crippen LogP contribution in [0.25, 0.3) is 10.9 Å². The van der Waals surface area contributed by atoms with Gasteiger partial charge in [-0.25, -0.2) is 9.78 Å². The minimum atomic E-state index is -0.447. The van der Waals surface area contributed by atoms with Gasteiger partial charge in [0.05, 0.1) is 36.4 Å². The molecule has 0 saturated carbocycles. The van der Waals surface area contributed by atoms with Crippen molar-refractivity contribution in [1.82, 2.24) is 14.5 Å². The van der Waals surface area contributed by atoms with Crippen molar-refractivity contribution in [1.29, 1.82) is 0 Å². The van der Waals surface area contributed by atoms with Gasteiger partial charge in [0.1, 0.15) is 5.76 Å². The summed E-state index contributed by atoms with van der Waals surface area (Å²) in [5, 5.41) is 1.09. The highest BCUT2D eigenvalue weighted by Gasteiger charge is 2.16. The number of ether oxygens (including phenoxy) is 1. The van der Waals surface area contributed by atoms with Gasteiger partial charge in [-0.1, -0.05) is 18.2 Å². The summed E-state index contributed by atoms with van der Waals surface area (Å²) in [5.74, 6) is 1.09. The molecule has 0 unspecified atom stereocenters. The molecule has 3 aromatic rings. The van der Waals surface area contributed by atoms with Gasteiger partial charge in [-0.2, -0.15) is 0 Å². The third-order valence-electron chi connectivity index (χ3n) is 5.32. The topological polar surface area (TPSA) is 77.6 Å². The first-order chi connectivity index (χ1) is 14.7. The third-order valence-corrected chi connectivity index (χ3v) is 6.28. The van der Waals surface area contributed by atoms with E-state index in [-0.39, 0.29) is 5.56 Å². The van der Waals surface area contributed by atoms with Crippen molar-refractivity contribution in [3.05, 3.63) is 58.3 Å². The Labute approximate surface area is 179 Å². The van der Waals surface area contributed by atoms with E-state index >= 15 is 0 Å². The molecule has 1 aromatic carbocycles. The van der Waals surface area contributed by atoms with Crippen molar-refractivity contribution in [2.75, 3.05) is 32.5 Å². The molecule has 4 rings (SSSR count). The van der Waals surface area contributed by atoms with Gasteiger partial charge in [0.15, 0.2) is 5.16 Å². The molecular formula is C22H25N3O4S. The molecule has 2 aromatic heterocycles. The minimum Gasteiger partial charge on any atom is -0.467 e. The van der Waals surface area contributed by atoms with Crippen LogP contribution in [0.4, 0.5) is 0 Å². The van der Waals surface area contributed by atoms with Crippen LogP contribution in [0.3, 0.4) is 0 Å². The van der Waals surface area contributed by atoms with Gasteiger partial charge in [-0.3, -0.25) is 9.36 Å². The number of aromatic nitrogens is 2. The number of thioether (sulfide) groups is 1. The largest absolute Gasteiger partial charge is 0.467 e. The second kappa shape index (κ2) is 9.49. The van der Waals surface area contributed by atoms with Gasteiger partial charge in [0.2, 0.25) is 0 Å². The molecule has 3 heterocycles. The van der Waals surface area contributed by atoms with E-state index < -0.39 is 5.97 Å². The molecule has 0 spiro atoms. The Morgan fingerprint density at radius 1 is 1.23 bits per heavy atom. The Morgan fingerprint density at radius 3 is 2.80 bits per heavy atom. The third kappa shape index (κ3) is 4.60. The van der Waals surface area contributed by atoms with Crippen LogP contribution < -0.4 is 5.56 Å². The Kier molecular flexibility index (Phi) is 6.54. The summed E-state index contributed by atoms with van der Waals surface area (Å²) in [6.45, 7) is 3.54. The van der Waals surface area contributed by atoms with Gasteiger partial charge in [-0.15, -0.1) is 0 Å². The Bertz CT molecular complexity index is 1070. The number of furan rings is 1. The monoisotopic (exact) mass is 427 g/mol. The van der Waals surface area contributed by atoms with E-state index in [0.717, 1.165) is 25.4 Å². The summed E-state index contributed by atoms with van der Waals surface area (Å²) in [6.07, 6.45) is 5.40. The number of nitrogens with zero attached hydrogens (tertiary/aromatic N) is 3. The van der Waals surface area contributed by atoms with E-state index in [1.807, 2.05) is 6.07 Å². The molecule has 1 aliphatic rings. The average molecular weight is 428 g/mol. The van der Waals surface area contributed by atoms with Gasteiger partial charge >= 0.3 is 5.97 Å². The van der Waals surface area contributed by atoms with Crippen molar-refractivity contribution in [2.45, 2.75) is 31.0 Å². The van der Waals surface area contributed by atoms with Crippen LogP contribution >= 0.6 is 11.8 Å². The Hall–Kier alpha value is -2.58. The number of methoxy groups -OCH3 is 1. The molecule has 0 N–H and O–H groups in total. The molecule has 1 aliphatic heterocycles. The zero-order chi connectivity index (χ0) is 20.9. The van der Waals surface area contributed by atoms with E-state index in [1.54, 1.807) is 46.9 Å². The lowest BCUT2D eigenvalue weighted by Gasteiger charge is -2.26. The van der Waals surface area contributed by atoms with Crippen LogP contribution in [0.15, 0.2) is 51.0 Å². The summed E-state index contributed by atoms with van der Waals surface area (Å²) in [6, 6.07) is 8.50. The number of benzene rings is 1. The second-order valence-corrected chi connectivity index (χ2v) is 8.40. The number of hydrogen-bond acceptors (Lipinski definition) is 7. The number of carbonyl (C=O) groups is 1. The average Bonchev–Trinajstić information content (AvgIpc) is 3.29. The molecule has 0 amide bonds. The van der Waals surface area contributed by atoms with Crippen LogP contribution in [0.1, 0.15) is 35.4 Å². The number of likely N-dealkylation sites (tertiary alicyclic amines) is 1.